The van der Waals surface area contributed by atoms with Gasteiger partial charge >= 0.3 is 0 Å². The van der Waals surface area contributed by atoms with Crippen LogP contribution < -0.4 is 15.7 Å². The van der Waals surface area contributed by atoms with E-state index in [1.54, 1.807) is 6.92 Å². The molecule has 1 aromatic carbocycles. The van der Waals surface area contributed by atoms with Gasteiger partial charge < -0.3 is 25.3 Å². The lowest BCUT2D eigenvalue weighted by Crippen LogP contribution is -2.37. The summed E-state index contributed by atoms with van der Waals surface area (Å²) in [7, 11) is 1.42. The lowest BCUT2D eigenvalue weighted by molar-refractivity contribution is -0.254. The van der Waals surface area contributed by atoms with Crippen LogP contribution in [-0.2, 0) is 9.53 Å². The Kier molecular flexibility index (Phi) is 6.39. The van der Waals surface area contributed by atoms with Crippen LogP contribution in [-0.4, -0.2) is 24.5 Å². The molecule has 0 radical (unpaired) electrons. The standard InChI is InChI=1S/C13H15ClN2O4S/c1-7(6-20-2)11(17)16-13(21)15-10-5-8(14)3-4-9(10)12(18)19/h3-6,13,15,21H,1-2H3,(H,16,17)(H,18,19)/p-1/b7-6-. The number of halogens is 1. The number of carboxylic acid groups (broad SMARTS) is 1. The van der Waals surface area contributed by atoms with Crippen molar-refractivity contribution in [3.63, 3.8) is 0 Å². The number of anilines is 1. The van der Waals surface area contributed by atoms with Crippen LogP contribution >= 0.6 is 24.2 Å². The van der Waals surface area contributed by atoms with Gasteiger partial charge in [-0.25, -0.2) is 0 Å². The predicted octanol–water partition coefficient (Wildman–Crippen LogP) is 0.995. The molecular weight excluding hydrogens is 316 g/mol. The number of carboxylic acids is 1. The van der Waals surface area contributed by atoms with Crippen molar-refractivity contribution in [1.82, 2.24) is 5.32 Å². The lowest BCUT2D eigenvalue weighted by Gasteiger charge is -2.19. The topological polar surface area (TPSA) is 90.5 Å². The van der Waals surface area contributed by atoms with Gasteiger partial charge in [-0.1, -0.05) is 11.6 Å². The molecule has 21 heavy (non-hydrogen) atoms. The van der Waals surface area contributed by atoms with E-state index in [2.05, 4.69) is 23.3 Å². The van der Waals surface area contributed by atoms with Crippen molar-refractivity contribution in [2.24, 2.45) is 0 Å². The van der Waals surface area contributed by atoms with Gasteiger partial charge in [-0.3, -0.25) is 4.79 Å². The minimum atomic E-state index is -1.36. The van der Waals surface area contributed by atoms with Crippen molar-refractivity contribution >= 4 is 41.8 Å². The normalized spacial score (nSPS) is 12.5. The second kappa shape index (κ2) is 7.80. The van der Waals surface area contributed by atoms with E-state index in [1.807, 2.05) is 0 Å². The Hall–Kier alpha value is -1.86. The van der Waals surface area contributed by atoms with Gasteiger partial charge in [0.2, 0.25) is 0 Å². The Morgan fingerprint density at radius 1 is 1.48 bits per heavy atom. The summed E-state index contributed by atoms with van der Waals surface area (Å²) in [5, 5.41) is 16.6. The van der Waals surface area contributed by atoms with E-state index in [0.717, 1.165) is 0 Å². The van der Waals surface area contributed by atoms with Crippen LogP contribution in [0.15, 0.2) is 30.0 Å². The van der Waals surface area contributed by atoms with Crippen molar-refractivity contribution in [1.29, 1.82) is 0 Å². The number of hydrogen-bond acceptors (Lipinski definition) is 6. The maximum Gasteiger partial charge on any atom is 0.252 e. The number of thiol groups is 1. The molecule has 0 aliphatic heterocycles. The first-order valence-corrected chi connectivity index (χ1v) is 6.70. The zero-order chi connectivity index (χ0) is 16.0. The molecule has 0 aliphatic rings. The molecule has 1 aromatic rings. The Bertz CT molecular complexity index is 577. The number of rotatable bonds is 6. The smallest absolute Gasteiger partial charge is 0.252 e. The summed E-state index contributed by atoms with van der Waals surface area (Å²) in [6.07, 6.45) is 1.28. The molecule has 0 aliphatic carbocycles. The highest BCUT2D eigenvalue weighted by Gasteiger charge is 2.12. The summed E-state index contributed by atoms with van der Waals surface area (Å²) in [5.41, 5.74) is -0.383. The van der Waals surface area contributed by atoms with Crippen molar-refractivity contribution in [2.45, 2.75) is 12.4 Å². The maximum atomic E-state index is 11.7. The van der Waals surface area contributed by atoms with E-state index in [-0.39, 0.29) is 11.3 Å². The first-order valence-electron chi connectivity index (χ1n) is 5.81. The largest absolute Gasteiger partial charge is 0.545 e. The van der Waals surface area contributed by atoms with Gasteiger partial charge in [-0.2, -0.15) is 0 Å². The summed E-state index contributed by atoms with van der Waals surface area (Å²) in [6.45, 7) is 1.56. The van der Waals surface area contributed by atoms with Gasteiger partial charge in [-0.05, 0) is 25.1 Å². The molecule has 6 nitrogen and oxygen atoms in total. The SMILES string of the molecule is CO/C=C(/C)C(=O)NC(S)Nc1cc(Cl)ccc1C(=O)[O-]. The van der Waals surface area contributed by atoms with Crippen molar-refractivity contribution in [3.05, 3.63) is 40.6 Å². The van der Waals surface area contributed by atoms with Gasteiger partial charge in [0.05, 0.1) is 19.3 Å². The second-order valence-corrected chi connectivity index (χ2v) is 4.99. The highest BCUT2D eigenvalue weighted by molar-refractivity contribution is 7.81. The second-order valence-electron chi connectivity index (χ2n) is 4.03. The van der Waals surface area contributed by atoms with E-state index in [4.69, 9.17) is 16.3 Å². The molecule has 0 saturated carbocycles. The molecule has 2 N–H and O–H groups in total. The first-order chi connectivity index (χ1) is 9.85. The van der Waals surface area contributed by atoms with Crippen LogP contribution in [0.4, 0.5) is 5.69 Å². The van der Waals surface area contributed by atoms with Crippen LogP contribution in [0.1, 0.15) is 17.3 Å². The number of methoxy groups -OCH3 is 1. The van der Waals surface area contributed by atoms with Gasteiger partial charge in [0, 0.05) is 21.8 Å². The number of hydrogen-bond donors (Lipinski definition) is 3. The quantitative estimate of drug-likeness (QED) is 0.313. The third-order valence-electron chi connectivity index (χ3n) is 2.41. The minimum absolute atomic E-state index is 0.0862. The Labute approximate surface area is 132 Å². The average Bonchev–Trinajstić information content (AvgIpc) is 2.38. The van der Waals surface area contributed by atoms with Crippen molar-refractivity contribution in [2.75, 3.05) is 12.4 Å². The summed E-state index contributed by atoms with van der Waals surface area (Å²) >= 11 is 9.94. The van der Waals surface area contributed by atoms with E-state index in [0.29, 0.717) is 10.6 Å². The monoisotopic (exact) mass is 329 g/mol. The highest BCUT2D eigenvalue weighted by Crippen LogP contribution is 2.21. The number of aromatic carboxylic acids is 1. The minimum Gasteiger partial charge on any atom is -0.545 e. The fraction of sp³-hybridized carbons (Fsp3) is 0.231. The van der Waals surface area contributed by atoms with Crippen LogP contribution in [0.2, 0.25) is 5.02 Å². The van der Waals surface area contributed by atoms with Crippen LogP contribution in [0.3, 0.4) is 0 Å². The predicted molar refractivity (Wildman–Crippen MR) is 81.1 cm³/mol. The summed E-state index contributed by atoms with van der Waals surface area (Å²) in [5.74, 6) is -1.78. The number of benzene rings is 1. The molecule has 1 atom stereocenters. The fourth-order valence-corrected chi connectivity index (χ4v) is 1.89. The van der Waals surface area contributed by atoms with Crippen LogP contribution in [0.5, 0.6) is 0 Å². The molecule has 0 aromatic heterocycles. The highest BCUT2D eigenvalue weighted by atomic mass is 35.5. The summed E-state index contributed by atoms with van der Waals surface area (Å²) in [6, 6.07) is 4.13. The van der Waals surface area contributed by atoms with Crippen LogP contribution in [0, 0.1) is 0 Å². The Balaban J connectivity index is 2.82. The molecule has 1 rings (SSSR count). The first kappa shape index (κ1) is 17.2. The van der Waals surface area contributed by atoms with Gasteiger partial charge in [0.15, 0.2) is 0 Å². The molecule has 0 fully saturated rings. The number of amides is 1. The molecule has 0 saturated heterocycles. The van der Waals surface area contributed by atoms with E-state index in [1.165, 1.54) is 31.6 Å². The molecule has 1 unspecified atom stereocenters. The van der Waals surface area contributed by atoms with Gasteiger partial charge in [-0.15, -0.1) is 12.6 Å². The molecule has 0 heterocycles. The van der Waals surface area contributed by atoms with E-state index >= 15 is 0 Å². The van der Waals surface area contributed by atoms with E-state index in [9.17, 15) is 14.7 Å². The Morgan fingerprint density at radius 2 is 2.14 bits per heavy atom. The van der Waals surface area contributed by atoms with E-state index < -0.39 is 17.4 Å². The number of carbonyl (C=O) groups is 2. The Morgan fingerprint density at radius 3 is 2.71 bits per heavy atom. The van der Waals surface area contributed by atoms with Crippen LogP contribution in [0.25, 0.3) is 0 Å². The molecular formula is C13H14ClN2O4S-. The fourth-order valence-electron chi connectivity index (χ4n) is 1.47. The average molecular weight is 330 g/mol. The zero-order valence-electron chi connectivity index (χ0n) is 11.3. The molecule has 0 spiro atoms. The van der Waals surface area contributed by atoms with Crippen molar-refractivity contribution < 1.29 is 19.4 Å². The third-order valence-corrected chi connectivity index (χ3v) is 2.91. The molecule has 1 amide bonds. The van der Waals surface area contributed by atoms with Gasteiger partial charge in [0.25, 0.3) is 5.91 Å². The number of nitrogens with one attached hydrogen (secondary N) is 2. The molecule has 8 heteroatoms. The van der Waals surface area contributed by atoms with Crippen molar-refractivity contribution in [3.8, 4) is 0 Å². The number of ether oxygens (including phenoxy) is 1. The third kappa shape index (κ3) is 5.20. The number of carbonyl (C=O) groups excluding carboxylic acids is 2. The van der Waals surface area contributed by atoms with Gasteiger partial charge in [0.1, 0.15) is 5.50 Å². The molecule has 0 bridgehead atoms. The zero-order valence-corrected chi connectivity index (χ0v) is 13.0. The lowest BCUT2D eigenvalue weighted by atomic mass is 10.2. The summed E-state index contributed by atoms with van der Waals surface area (Å²) < 4.78 is 4.72. The summed E-state index contributed by atoms with van der Waals surface area (Å²) in [4.78, 5) is 22.7. The maximum absolute atomic E-state index is 11.7. The molecule has 114 valence electrons.